The number of hydrogen-bond donors (Lipinski definition) is 0. The van der Waals surface area contributed by atoms with E-state index < -0.39 is 0 Å². The van der Waals surface area contributed by atoms with Gasteiger partial charge in [-0.3, -0.25) is 25.8 Å². The molecule has 0 aromatic carbocycles. The van der Waals surface area contributed by atoms with E-state index in [1.807, 2.05) is 34.1 Å². The van der Waals surface area contributed by atoms with Crippen molar-refractivity contribution in [3.05, 3.63) is 63.2 Å². The van der Waals surface area contributed by atoms with Crippen molar-refractivity contribution in [3.63, 3.8) is 0 Å². The molecule has 0 saturated heterocycles. The van der Waals surface area contributed by atoms with Crippen LogP contribution >= 0.6 is 0 Å². The first kappa shape index (κ1) is 48.9. The molecular formula is C15H20N24Y3-6. The van der Waals surface area contributed by atoms with Crippen LogP contribution in [0.15, 0.2) is 5.11 Å². The first-order valence-electron chi connectivity index (χ1n) is 10.0. The molecule has 0 spiro atoms. The minimum atomic E-state index is -0.0729. The predicted octanol–water partition coefficient (Wildman–Crippen LogP) is -0.343. The number of aromatic nitrogens is 16. The zero-order chi connectivity index (χ0) is 29.7. The summed E-state index contributed by atoms with van der Waals surface area (Å²) in [5, 5.41) is 67.1. The van der Waals surface area contributed by atoms with E-state index in [2.05, 4.69) is 88.4 Å². The Bertz CT molecular complexity index is 1180. The molecule has 24 nitrogen and oxygen atoms in total. The molecule has 0 N–H and O–H groups in total. The zero-order valence-electron chi connectivity index (χ0n) is 22.7. The van der Waals surface area contributed by atoms with Crippen molar-refractivity contribution in [2.45, 2.75) is 46.7 Å². The van der Waals surface area contributed by atoms with Crippen molar-refractivity contribution in [1.29, 1.82) is 10.5 Å². The number of tetrazole rings is 4. The summed E-state index contributed by atoms with van der Waals surface area (Å²) in [4.78, 5) is 6.54. The molecule has 3 radical (unpaired) electrons. The maximum atomic E-state index is 7.68. The first-order chi connectivity index (χ1) is 18.9. The normalized spacial score (nSPS) is 7.76. The van der Waals surface area contributed by atoms with Crippen LogP contribution in [0.3, 0.4) is 0 Å². The molecule has 4 rings (SSSR count). The van der Waals surface area contributed by atoms with E-state index in [0.29, 0.717) is 30.6 Å². The number of hydrogen-bond acceptors (Lipinski definition) is 15. The second-order valence-electron chi connectivity index (χ2n) is 6.06. The van der Waals surface area contributed by atoms with Gasteiger partial charge in [0.05, 0.1) is 24.3 Å². The summed E-state index contributed by atoms with van der Waals surface area (Å²) in [6.07, 6.45) is 4.30. The molecule has 0 aliphatic carbocycles. The van der Waals surface area contributed by atoms with Crippen molar-refractivity contribution in [3.8, 4) is 6.07 Å². The fourth-order valence-electron chi connectivity index (χ4n) is 1.55. The standard InChI is InChI=1S/C6H9N8.C3H2N8.C3H7.C2H2N4.CN.N3.3Y/c1-4(2)6-9-13-14(10-6)3-5-7-11-12-8-5;1(3-6-8-9-7-3)11-5-2-4-10-11;1-3-2;3-1-2-5-6-4;1-2;1-3-2;;;/h4H,3H2,1-2H3;1H2;3H,1-2H3;2H2;;;;;/q-1;-2;-1;;2*-1;;;. The van der Waals surface area contributed by atoms with Gasteiger partial charge in [0.1, 0.15) is 13.1 Å². The van der Waals surface area contributed by atoms with Gasteiger partial charge in [0.2, 0.25) is 0 Å². The Labute approximate surface area is 314 Å². The van der Waals surface area contributed by atoms with Crippen LogP contribution in [-0.4, -0.2) is 77.8 Å². The number of nitriles is 1. The van der Waals surface area contributed by atoms with E-state index in [1.54, 1.807) is 6.07 Å². The van der Waals surface area contributed by atoms with Crippen LogP contribution in [0, 0.1) is 35.9 Å². The summed E-state index contributed by atoms with van der Waals surface area (Å²) in [5.41, 5.74) is 21.0. The molecule has 4 aromatic heterocycles. The summed E-state index contributed by atoms with van der Waals surface area (Å²) >= 11 is 0. The van der Waals surface area contributed by atoms with Crippen molar-refractivity contribution in [2.75, 3.05) is 6.54 Å². The van der Waals surface area contributed by atoms with E-state index in [4.69, 9.17) is 33.7 Å². The van der Waals surface area contributed by atoms with Crippen LogP contribution in [0.5, 0.6) is 0 Å². The molecule has 4 aromatic rings. The van der Waals surface area contributed by atoms with Crippen molar-refractivity contribution < 1.29 is 98.1 Å². The molecular weight excluding hydrogens is 783 g/mol. The average molecular weight is 803 g/mol. The van der Waals surface area contributed by atoms with Crippen LogP contribution < -0.4 is 10.4 Å². The van der Waals surface area contributed by atoms with Crippen LogP contribution in [0.1, 0.15) is 51.1 Å². The summed E-state index contributed by atoms with van der Waals surface area (Å²) < 4.78 is 0. The van der Waals surface area contributed by atoms with Gasteiger partial charge in [0.25, 0.3) is 0 Å². The van der Waals surface area contributed by atoms with Gasteiger partial charge in [-0.2, -0.15) is 28.7 Å². The second-order valence-corrected chi connectivity index (χ2v) is 6.06. The Morgan fingerprint density at radius 1 is 0.976 bits per heavy atom. The van der Waals surface area contributed by atoms with Gasteiger partial charge in [-0.05, 0) is 10.7 Å². The Morgan fingerprint density at radius 3 is 1.79 bits per heavy atom. The van der Waals surface area contributed by atoms with Gasteiger partial charge in [0.15, 0.2) is 5.82 Å². The van der Waals surface area contributed by atoms with Crippen LogP contribution in [-0.2, 0) is 111 Å². The number of nitrogens with zero attached hydrogens (tertiary/aromatic N) is 24. The molecule has 0 aliphatic heterocycles. The molecule has 27 heteroatoms. The minimum absolute atomic E-state index is 0. The topological polar surface area (TPSA) is 348 Å². The van der Waals surface area contributed by atoms with Gasteiger partial charge in [-0.15, -0.1) is 10.2 Å². The number of rotatable bonds is 6. The van der Waals surface area contributed by atoms with Gasteiger partial charge < -0.3 is 49.7 Å². The third kappa shape index (κ3) is 27.4. The summed E-state index contributed by atoms with van der Waals surface area (Å²) in [6.45, 7) is 13.4. The monoisotopic (exact) mass is 803 g/mol. The molecule has 0 unspecified atom stereocenters. The molecule has 4 heterocycles. The second kappa shape index (κ2) is 36.2. The third-order valence-electron chi connectivity index (χ3n) is 2.83. The quantitative estimate of drug-likeness (QED) is 0.0791. The van der Waals surface area contributed by atoms with Crippen LogP contribution in [0.2, 0.25) is 0 Å². The largest absolute Gasteiger partial charge is 0.512 e. The van der Waals surface area contributed by atoms with E-state index in [-0.39, 0.29) is 111 Å². The van der Waals surface area contributed by atoms with Gasteiger partial charge in [-0.1, -0.05) is 24.2 Å². The van der Waals surface area contributed by atoms with Crippen molar-refractivity contribution >= 4 is 0 Å². The predicted molar refractivity (Wildman–Crippen MR) is 123 cm³/mol. The Morgan fingerprint density at radius 2 is 1.48 bits per heavy atom. The summed E-state index contributed by atoms with van der Waals surface area (Å²) in [6, 6.07) is 1.65. The average Bonchev–Trinajstić information content (AvgIpc) is 3.76. The zero-order valence-corrected chi connectivity index (χ0v) is 31.3. The van der Waals surface area contributed by atoms with E-state index >= 15 is 0 Å². The van der Waals surface area contributed by atoms with Crippen LogP contribution in [0.25, 0.3) is 26.4 Å². The van der Waals surface area contributed by atoms with Crippen LogP contribution in [0.4, 0.5) is 0 Å². The molecule has 0 bridgehead atoms. The molecule has 0 aliphatic rings. The summed E-state index contributed by atoms with van der Waals surface area (Å²) in [5.74, 6) is 1.91. The Hall–Kier alpha value is -2.81. The summed E-state index contributed by atoms with van der Waals surface area (Å²) in [7, 11) is 0. The maximum absolute atomic E-state index is 7.68. The minimum Gasteiger partial charge on any atom is -0.512 e. The fourth-order valence-corrected chi connectivity index (χ4v) is 1.55. The SMILES string of the molecule is CC(C)c1nnn(Cc2nn[n-]n2)n1.C[CH-]C.N#CCN=[N+]=[N-].[C-]#N.[N-]=[N+]=[N-].[Y].[Y].[Y].[c-]1nnn(Cc2nn[n-]n2)n1. The third-order valence-corrected chi connectivity index (χ3v) is 2.83. The maximum Gasteiger partial charge on any atom is 0.177 e. The van der Waals surface area contributed by atoms with E-state index in [0.717, 1.165) is 0 Å². The van der Waals surface area contributed by atoms with Crippen molar-refractivity contribution in [2.24, 2.45) is 5.11 Å². The molecule has 215 valence electrons. The number of azide groups is 1. The molecule has 0 saturated carbocycles. The molecule has 0 amide bonds. The Balaban J connectivity index is -0.000000147. The van der Waals surface area contributed by atoms with Gasteiger partial charge in [-0.25, -0.2) is 16.5 Å². The smallest absolute Gasteiger partial charge is 0.177 e. The van der Waals surface area contributed by atoms with E-state index in [9.17, 15) is 0 Å². The Kier molecular flexibility index (Phi) is 42.2. The van der Waals surface area contributed by atoms with Gasteiger partial charge >= 0.3 is 0 Å². The molecule has 0 fully saturated rings. The molecule has 0 atom stereocenters. The molecule has 42 heavy (non-hydrogen) atoms. The van der Waals surface area contributed by atoms with Crippen molar-refractivity contribution in [1.82, 2.24) is 81.7 Å². The first-order valence-corrected chi connectivity index (χ1v) is 10.0. The van der Waals surface area contributed by atoms with E-state index in [1.165, 1.54) is 14.5 Å². The fraction of sp³-hybridized carbons (Fsp3) is 0.533. The van der Waals surface area contributed by atoms with Gasteiger partial charge in [0, 0.05) is 109 Å².